The van der Waals surface area contributed by atoms with E-state index in [1.807, 2.05) is 24.0 Å². The van der Waals surface area contributed by atoms with Crippen LogP contribution in [0.4, 0.5) is 24.9 Å². The number of aromatic amines is 1. The number of H-pyrrole nitrogens is 1. The second-order valence-corrected chi connectivity index (χ2v) is 15.8. The number of nitrogens with zero attached hydrogens (tertiary/aromatic N) is 7. The molecule has 2 aliphatic carbocycles. The predicted octanol–water partition coefficient (Wildman–Crippen LogP) is 6.45. The van der Waals surface area contributed by atoms with Crippen molar-refractivity contribution in [2.75, 3.05) is 75.3 Å². The summed E-state index contributed by atoms with van der Waals surface area (Å²) in [4.78, 5) is 31.5. The van der Waals surface area contributed by atoms with Crippen LogP contribution in [-0.4, -0.2) is 108 Å². The number of hydrogen-bond acceptors (Lipinski definition) is 8. The maximum absolute atomic E-state index is 14.1. The van der Waals surface area contributed by atoms with E-state index in [4.69, 9.17) is 14.7 Å². The fraction of sp³-hybridized carbons (Fsp3) is 0.538. The quantitative estimate of drug-likeness (QED) is 0.198. The molecule has 1 spiro atoms. The molecular formula is C39H45F3N8O2. The summed E-state index contributed by atoms with van der Waals surface area (Å²) in [6, 6.07) is 6.08. The third-order valence-corrected chi connectivity index (χ3v) is 12.0. The third kappa shape index (κ3) is 6.24. The van der Waals surface area contributed by atoms with Gasteiger partial charge in [0.15, 0.2) is 12.4 Å². The lowest BCUT2D eigenvalue weighted by molar-refractivity contribution is -0.153. The number of carbonyl (C=O) groups is 1. The van der Waals surface area contributed by atoms with Gasteiger partial charge in [0.25, 0.3) is 0 Å². The smallest absolute Gasteiger partial charge is 0.422 e. The Labute approximate surface area is 301 Å². The number of carbonyl (C=O) groups excluding carboxylic acids is 1. The van der Waals surface area contributed by atoms with E-state index < -0.39 is 12.8 Å². The van der Waals surface area contributed by atoms with Crippen LogP contribution in [0.15, 0.2) is 37.1 Å². The van der Waals surface area contributed by atoms with Crippen molar-refractivity contribution in [2.24, 2.45) is 11.3 Å². The maximum Gasteiger partial charge on any atom is 0.422 e. The van der Waals surface area contributed by atoms with Gasteiger partial charge in [0.05, 0.1) is 11.7 Å². The van der Waals surface area contributed by atoms with E-state index in [0.717, 1.165) is 129 Å². The number of piperazine rings is 1. The number of rotatable bonds is 9. The van der Waals surface area contributed by atoms with E-state index >= 15 is 0 Å². The molecule has 3 aliphatic heterocycles. The minimum atomic E-state index is -4.54. The molecule has 5 heterocycles. The van der Waals surface area contributed by atoms with Crippen LogP contribution in [-0.2, 0) is 4.79 Å². The van der Waals surface area contributed by atoms with Crippen molar-refractivity contribution >= 4 is 39.5 Å². The summed E-state index contributed by atoms with van der Waals surface area (Å²) < 4.78 is 48.3. The molecule has 274 valence electrons. The Bertz CT molecular complexity index is 2030. The normalized spacial score (nSPS) is 20.9. The molecule has 0 radical (unpaired) electrons. The van der Waals surface area contributed by atoms with Gasteiger partial charge >= 0.3 is 6.18 Å². The van der Waals surface area contributed by atoms with E-state index in [9.17, 15) is 18.0 Å². The van der Waals surface area contributed by atoms with Gasteiger partial charge in [-0.05, 0) is 92.2 Å². The minimum absolute atomic E-state index is 0.0344. The second-order valence-electron chi connectivity index (χ2n) is 15.8. The molecule has 3 saturated heterocycles. The molecule has 0 bridgehead atoms. The molecule has 2 aromatic heterocycles. The average molecular weight is 715 g/mol. The molecule has 52 heavy (non-hydrogen) atoms. The summed E-state index contributed by atoms with van der Waals surface area (Å²) in [7, 11) is 0. The van der Waals surface area contributed by atoms with Crippen molar-refractivity contribution in [2.45, 2.75) is 57.5 Å². The van der Waals surface area contributed by atoms with Crippen molar-refractivity contribution in [1.29, 1.82) is 0 Å². The zero-order valence-electron chi connectivity index (χ0n) is 29.6. The fourth-order valence-electron chi connectivity index (χ4n) is 8.69. The van der Waals surface area contributed by atoms with Gasteiger partial charge in [-0.15, -0.1) is 0 Å². The first-order chi connectivity index (χ1) is 25.1. The van der Waals surface area contributed by atoms with Crippen LogP contribution in [0.3, 0.4) is 0 Å². The monoisotopic (exact) mass is 714 g/mol. The van der Waals surface area contributed by atoms with Crippen molar-refractivity contribution < 1.29 is 22.7 Å². The lowest BCUT2D eigenvalue weighted by atomic mass is 9.72. The SMILES string of the molecule is C=CC(=O)N1CC2(CCN(c3nc(N4CCN(CC5CC5)CC4)nc4c(OCC(F)(F)F)c(-c5c(C)ccc6[nH]ncc56)c(C5CC5)cc34)CC2)C1. The fourth-order valence-corrected chi connectivity index (χ4v) is 8.69. The van der Waals surface area contributed by atoms with E-state index in [1.54, 1.807) is 6.20 Å². The van der Waals surface area contributed by atoms with Crippen LogP contribution in [0.1, 0.15) is 55.6 Å². The van der Waals surface area contributed by atoms with Gasteiger partial charge in [0.1, 0.15) is 11.3 Å². The molecule has 5 fully saturated rings. The van der Waals surface area contributed by atoms with Crippen molar-refractivity contribution in [3.05, 3.63) is 48.2 Å². The van der Waals surface area contributed by atoms with Crippen LogP contribution in [0.5, 0.6) is 5.75 Å². The first-order valence-electron chi connectivity index (χ1n) is 18.7. The highest BCUT2D eigenvalue weighted by Crippen LogP contribution is 2.53. The molecule has 1 amide bonds. The van der Waals surface area contributed by atoms with Crippen LogP contribution in [0.2, 0.25) is 0 Å². The first-order valence-corrected chi connectivity index (χ1v) is 18.7. The molecule has 5 aliphatic rings. The van der Waals surface area contributed by atoms with Gasteiger partial charge < -0.3 is 19.4 Å². The third-order valence-electron chi connectivity index (χ3n) is 12.0. The van der Waals surface area contributed by atoms with Gasteiger partial charge in [-0.25, -0.2) is 4.98 Å². The number of ether oxygens (including phenoxy) is 1. The molecular weight excluding hydrogens is 669 g/mol. The molecule has 2 aromatic carbocycles. The average Bonchev–Trinajstić information content (AvgIpc) is 4.07. The summed E-state index contributed by atoms with van der Waals surface area (Å²) >= 11 is 0. The number of aromatic nitrogens is 4. The highest BCUT2D eigenvalue weighted by atomic mass is 19.4. The molecule has 0 unspecified atom stereocenters. The number of fused-ring (bicyclic) bond motifs is 2. The lowest BCUT2D eigenvalue weighted by Crippen LogP contribution is -2.61. The molecule has 2 saturated carbocycles. The highest BCUT2D eigenvalue weighted by Gasteiger charge is 2.47. The Hall–Kier alpha value is -4.39. The second kappa shape index (κ2) is 12.6. The molecule has 1 N–H and O–H groups in total. The number of likely N-dealkylation sites (tertiary alicyclic amines) is 1. The van der Waals surface area contributed by atoms with Gasteiger partial charge in [0, 0.05) is 80.7 Å². The molecule has 13 heteroatoms. The highest BCUT2D eigenvalue weighted by molar-refractivity contribution is 6.06. The van der Waals surface area contributed by atoms with Crippen LogP contribution >= 0.6 is 0 Å². The Morgan fingerprint density at radius 1 is 1.00 bits per heavy atom. The number of hydrogen-bond donors (Lipinski definition) is 1. The number of alkyl halides is 3. The molecule has 10 nitrogen and oxygen atoms in total. The van der Waals surface area contributed by atoms with E-state index in [1.165, 1.54) is 18.9 Å². The molecule has 4 aromatic rings. The summed E-state index contributed by atoms with van der Waals surface area (Å²) in [6.07, 6.45) is 4.86. The number of anilines is 2. The largest absolute Gasteiger partial charge is 0.481 e. The maximum atomic E-state index is 14.1. The van der Waals surface area contributed by atoms with Crippen LogP contribution < -0.4 is 14.5 Å². The molecule has 0 atom stereocenters. The van der Waals surface area contributed by atoms with Gasteiger partial charge in [-0.2, -0.15) is 23.3 Å². The minimum Gasteiger partial charge on any atom is -0.481 e. The summed E-state index contributed by atoms with van der Waals surface area (Å²) in [5.41, 5.74) is 4.68. The lowest BCUT2D eigenvalue weighted by Gasteiger charge is -2.54. The number of aryl methyl sites for hydroxylation is 1. The Morgan fingerprint density at radius 3 is 2.42 bits per heavy atom. The van der Waals surface area contributed by atoms with Crippen molar-refractivity contribution in [1.82, 2.24) is 30.0 Å². The number of amides is 1. The van der Waals surface area contributed by atoms with Gasteiger partial charge in [-0.1, -0.05) is 12.6 Å². The zero-order chi connectivity index (χ0) is 35.8. The number of piperidine rings is 1. The Balaban J connectivity index is 1.19. The summed E-state index contributed by atoms with van der Waals surface area (Å²) in [5, 5.41) is 8.91. The van der Waals surface area contributed by atoms with Gasteiger partial charge in [0.2, 0.25) is 11.9 Å². The van der Waals surface area contributed by atoms with Crippen LogP contribution in [0.25, 0.3) is 32.9 Å². The Kier molecular flexibility index (Phi) is 8.13. The van der Waals surface area contributed by atoms with E-state index in [0.29, 0.717) is 17.0 Å². The van der Waals surface area contributed by atoms with Gasteiger partial charge in [-0.3, -0.25) is 14.8 Å². The topological polar surface area (TPSA) is 93.7 Å². The summed E-state index contributed by atoms with van der Waals surface area (Å²) in [5.74, 6) is 2.39. The van der Waals surface area contributed by atoms with Crippen molar-refractivity contribution in [3.8, 4) is 16.9 Å². The van der Waals surface area contributed by atoms with E-state index in [-0.39, 0.29) is 23.0 Å². The standard InChI is InChI=1S/C39H45F3N8O2/c1-3-31(51)50-21-38(22-50)10-12-48(13-11-38)36-28-18-27(26-7-8-26)33(32-24(2)4-9-30-29(32)19-43-46-30)35(52-23-39(40,41)42)34(28)44-37(45-36)49-16-14-47(15-17-49)20-25-5-6-25/h3-4,9,18-19,25-26H,1,5-8,10-17,20-23H2,2H3,(H,43,46). The Morgan fingerprint density at radius 2 is 1.75 bits per heavy atom. The zero-order valence-corrected chi connectivity index (χ0v) is 29.6. The number of benzene rings is 2. The predicted molar refractivity (Wildman–Crippen MR) is 195 cm³/mol. The first kappa shape index (κ1) is 33.4. The molecule has 9 rings (SSSR count). The van der Waals surface area contributed by atoms with Crippen LogP contribution in [0, 0.1) is 18.3 Å². The number of nitrogens with one attached hydrogen (secondary N) is 1. The van der Waals surface area contributed by atoms with E-state index in [2.05, 4.69) is 37.5 Å². The summed E-state index contributed by atoms with van der Waals surface area (Å²) in [6.45, 7) is 11.5. The number of halogens is 3. The van der Waals surface area contributed by atoms with Crippen molar-refractivity contribution in [3.63, 3.8) is 0 Å².